The molecule has 0 aliphatic carbocycles. The molecule has 3 heteroatoms. The second-order valence-corrected chi connectivity index (χ2v) is 3.68. The van der Waals surface area contributed by atoms with E-state index in [1.807, 2.05) is 30.3 Å². The summed E-state index contributed by atoms with van der Waals surface area (Å²) in [6.45, 7) is 1.69. The molecule has 0 aliphatic heterocycles. The lowest BCUT2D eigenvalue weighted by atomic mass is 9.99. The van der Waals surface area contributed by atoms with Crippen molar-refractivity contribution in [2.75, 3.05) is 0 Å². The Hall–Kier alpha value is -1.45. The smallest absolute Gasteiger partial charge is 0.0705 e. The van der Waals surface area contributed by atoms with Gasteiger partial charge in [0.15, 0.2) is 0 Å². The zero-order valence-corrected chi connectivity index (χ0v) is 8.59. The van der Waals surface area contributed by atoms with Crippen molar-refractivity contribution in [3.63, 3.8) is 0 Å². The van der Waals surface area contributed by atoms with E-state index in [1.165, 1.54) is 0 Å². The van der Waals surface area contributed by atoms with Crippen LogP contribution in [0.3, 0.4) is 0 Å². The molecule has 3 nitrogen and oxygen atoms in total. The fraction of sp³-hybridized carbons (Fsp3) is 0.250. The first kappa shape index (κ1) is 10.1. The molecule has 2 rings (SSSR count). The average Bonchev–Trinajstić information content (AvgIpc) is 2.27. The number of rotatable bonds is 2. The van der Waals surface area contributed by atoms with E-state index >= 15 is 0 Å². The molecule has 78 valence electrons. The van der Waals surface area contributed by atoms with Gasteiger partial charge in [-0.2, -0.15) is 0 Å². The van der Waals surface area contributed by atoms with Crippen LogP contribution in [0.2, 0.25) is 0 Å². The largest absolute Gasteiger partial charge is 0.391 e. The van der Waals surface area contributed by atoms with Gasteiger partial charge in [0.2, 0.25) is 0 Å². The number of aromatic nitrogens is 1. The predicted octanol–water partition coefficient (Wildman–Crippen LogP) is 1.62. The summed E-state index contributed by atoms with van der Waals surface area (Å²) in [6, 6.07) is 9.26. The third-order valence-electron chi connectivity index (χ3n) is 2.56. The standard InChI is InChI=1S/C12H14N2O/c1-8(15)12(13)10-4-2-6-11-9(10)5-3-7-14-11/h2-8,12,15H,13H2,1H3. The normalized spacial score (nSPS) is 15.1. The minimum Gasteiger partial charge on any atom is -0.391 e. The van der Waals surface area contributed by atoms with Gasteiger partial charge in [-0.25, -0.2) is 0 Å². The van der Waals surface area contributed by atoms with Gasteiger partial charge in [0.05, 0.1) is 17.7 Å². The van der Waals surface area contributed by atoms with Gasteiger partial charge < -0.3 is 10.8 Å². The summed E-state index contributed by atoms with van der Waals surface area (Å²) >= 11 is 0. The molecule has 0 fully saturated rings. The highest BCUT2D eigenvalue weighted by Crippen LogP contribution is 2.23. The second kappa shape index (κ2) is 3.96. The molecule has 0 amide bonds. The molecule has 2 aromatic rings. The highest BCUT2D eigenvalue weighted by molar-refractivity contribution is 5.82. The van der Waals surface area contributed by atoms with Crippen LogP contribution in [-0.2, 0) is 0 Å². The van der Waals surface area contributed by atoms with Crippen molar-refractivity contribution in [2.45, 2.75) is 19.1 Å². The van der Waals surface area contributed by atoms with Crippen LogP contribution in [0.15, 0.2) is 36.5 Å². The van der Waals surface area contributed by atoms with Gasteiger partial charge in [-0.15, -0.1) is 0 Å². The number of aliphatic hydroxyl groups excluding tert-OH is 1. The molecule has 1 heterocycles. The van der Waals surface area contributed by atoms with E-state index in [0.29, 0.717) is 0 Å². The van der Waals surface area contributed by atoms with Crippen molar-refractivity contribution in [3.05, 3.63) is 42.1 Å². The number of fused-ring (bicyclic) bond motifs is 1. The highest BCUT2D eigenvalue weighted by atomic mass is 16.3. The zero-order valence-electron chi connectivity index (χ0n) is 8.59. The summed E-state index contributed by atoms with van der Waals surface area (Å²) in [7, 11) is 0. The van der Waals surface area contributed by atoms with Crippen molar-refractivity contribution in [1.29, 1.82) is 0 Å². The summed E-state index contributed by atoms with van der Waals surface area (Å²) in [4.78, 5) is 4.25. The van der Waals surface area contributed by atoms with Crippen molar-refractivity contribution in [2.24, 2.45) is 5.73 Å². The van der Waals surface area contributed by atoms with Crippen LogP contribution in [0.1, 0.15) is 18.5 Å². The predicted molar refractivity (Wildman–Crippen MR) is 60.4 cm³/mol. The number of hydrogen-bond acceptors (Lipinski definition) is 3. The third-order valence-corrected chi connectivity index (χ3v) is 2.56. The number of aliphatic hydroxyl groups is 1. The first-order chi connectivity index (χ1) is 7.20. The first-order valence-electron chi connectivity index (χ1n) is 4.97. The van der Waals surface area contributed by atoms with Crippen LogP contribution in [0.5, 0.6) is 0 Å². The topological polar surface area (TPSA) is 59.1 Å². The molecule has 3 N–H and O–H groups in total. The molecule has 0 aliphatic rings. The van der Waals surface area contributed by atoms with Gasteiger partial charge in [-0.1, -0.05) is 18.2 Å². The summed E-state index contributed by atoms with van der Waals surface area (Å²) in [5.41, 5.74) is 7.77. The minimum atomic E-state index is -0.559. The molecule has 2 unspecified atom stereocenters. The molecular formula is C12H14N2O. The number of benzene rings is 1. The Balaban J connectivity index is 2.60. The number of hydrogen-bond donors (Lipinski definition) is 2. The summed E-state index contributed by atoms with van der Waals surface area (Å²) in [6.07, 6.45) is 1.19. The Kier molecular flexibility index (Phi) is 2.66. The van der Waals surface area contributed by atoms with Gasteiger partial charge in [-0.05, 0) is 24.6 Å². The lowest BCUT2D eigenvalue weighted by Gasteiger charge is -2.16. The molecule has 0 saturated heterocycles. The Labute approximate surface area is 88.6 Å². The number of pyridine rings is 1. The van der Waals surface area contributed by atoms with E-state index in [2.05, 4.69) is 4.98 Å². The summed E-state index contributed by atoms with van der Waals surface area (Å²) in [5.74, 6) is 0. The maximum Gasteiger partial charge on any atom is 0.0705 e. The molecule has 1 aromatic heterocycles. The van der Waals surface area contributed by atoms with Gasteiger partial charge in [-0.3, -0.25) is 4.98 Å². The number of nitrogens with two attached hydrogens (primary N) is 1. The Morgan fingerprint density at radius 1 is 1.27 bits per heavy atom. The molecule has 15 heavy (non-hydrogen) atoms. The van der Waals surface area contributed by atoms with Crippen LogP contribution in [0.25, 0.3) is 10.9 Å². The summed E-state index contributed by atoms with van der Waals surface area (Å²) < 4.78 is 0. The molecule has 2 atom stereocenters. The van der Waals surface area contributed by atoms with E-state index < -0.39 is 6.10 Å². The van der Waals surface area contributed by atoms with Gasteiger partial charge in [0, 0.05) is 11.6 Å². The molecular weight excluding hydrogens is 188 g/mol. The SMILES string of the molecule is CC(O)C(N)c1cccc2ncccc12. The van der Waals surface area contributed by atoms with Crippen molar-refractivity contribution < 1.29 is 5.11 Å². The summed E-state index contributed by atoms with van der Waals surface area (Å²) in [5, 5.41) is 10.5. The second-order valence-electron chi connectivity index (χ2n) is 3.68. The Morgan fingerprint density at radius 3 is 2.80 bits per heavy atom. The molecule has 0 bridgehead atoms. The van der Waals surface area contributed by atoms with Gasteiger partial charge in [0.1, 0.15) is 0 Å². The third kappa shape index (κ3) is 1.84. The van der Waals surface area contributed by atoms with Crippen LogP contribution >= 0.6 is 0 Å². The van der Waals surface area contributed by atoms with Crippen LogP contribution in [0.4, 0.5) is 0 Å². The van der Waals surface area contributed by atoms with Crippen LogP contribution in [-0.4, -0.2) is 16.2 Å². The maximum atomic E-state index is 9.49. The van der Waals surface area contributed by atoms with E-state index in [4.69, 9.17) is 5.73 Å². The molecule has 0 spiro atoms. The highest BCUT2D eigenvalue weighted by Gasteiger charge is 2.14. The quantitative estimate of drug-likeness (QED) is 0.778. The minimum absolute atomic E-state index is 0.363. The molecule has 1 aromatic carbocycles. The van der Waals surface area contributed by atoms with Crippen LogP contribution < -0.4 is 5.73 Å². The van der Waals surface area contributed by atoms with E-state index in [1.54, 1.807) is 13.1 Å². The maximum absolute atomic E-state index is 9.49. The number of nitrogens with zero attached hydrogens (tertiary/aromatic N) is 1. The van der Waals surface area contributed by atoms with E-state index in [0.717, 1.165) is 16.5 Å². The monoisotopic (exact) mass is 202 g/mol. The van der Waals surface area contributed by atoms with Crippen molar-refractivity contribution in [1.82, 2.24) is 4.98 Å². The zero-order chi connectivity index (χ0) is 10.8. The molecule has 0 saturated carbocycles. The first-order valence-corrected chi connectivity index (χ1v) is 4.97. The fourth-order valence-corrected chi connectivity index (χ4v) is 1.68. The average molecular weight is 202 g/mol. The van der Waals surface area contributed by atoms with E-state index in [9.17, 15) is 5.11 Å². The fourth-order valence-electron chi connectivity index (χ4n) is 1.68. The Bertz CT molecular complexity index is 463. The van der Waals surface area contributed by atoms with Gasteiger partial charge in [0.25, 0.3) is 0 Å². The lowest BCUT2D eigenvalue weighted by Crippen LogP contribution is -2.23. The van der Waals surface area contributed by atoms with Crippen LogP contribution in [0, 0.1) is 0 Å². The van der Waals surface area contributed by atoms with Gasteiger partial charge >= 0.3 is 0 Å². The van der Waals surface area contributed by atoms with Crippen molar-refractivity contribution in [3.8, 4) is 0 Å². The van der Waals surface area contributed by atoms with E-state index in [-0.39, 0.29) is 6.04 Å². The Morgan fingerprint density at radius 2 is 2.07 bits per heavy atom. The lowest BCUT2D eigenvalue weighted by molar-refractivity contribution is 0.165. The molecule has 0 radical (unpaired) electrons. The van der Waals surface area contributed by atoms with Crippen molar-refractivity contribution >= 4 is 10.9 Å².